The number of hydrogen-bond donors (Lipinski definition) is 1. The number of carboxylic acids is 1. The summed E-state index contributed by atoms with van der Waals surface area (Å²) in [6.07, 6.45) is 1.66. The van der Waals surface area contributed by atoms with Gasteiger partial charge in [0.15, 0.2) is 0 Å². The molecular formula is C11H13NO4. The van der Waals surface area contributed by atoms with Crippen LogP contribution in [0.4, 0.5) is 0 Å². The molecule has 0 unspecified atom stereocenters. The number of nitrogens with zero attached hydrogens (tertiary/aromatic N) is 1. The Morgan fingerprint density at radius 3 is 2.75 bits per heavy atom. The average Bonchev–Trinajstić information content (AvgIpc) is 2.57. The SMILES string of the molecule is CN1C(=O)c2c(C(=O)O)coc2CC1(C)C. The summed E-state index contributed by atoms with van der Waals surface area (Å²) in [7, 11) is 1.67. The summed E-state index contributed by atoms with van der Waals surface area (Å²) in [6.45, 7) is 3.83. The molecule has 0 saturated heterocycles. The number of amides is 1. The van der Waals surface area contributed by atoms with E-state index < -0.39 is 5.97 Å². The van der Waals surface area contributed by atoms with Crippen molar-refractivity contribution < 1.29 is 19.1 Å². The maximum Gasteiger partial charge on any atom is 0.339 e. The van der Waals surface area contributed by atoms with Crippen molar-refractivity contribution in [2.75, 3.05) is 7.05 Å². The molecule has 86 valence electrons. The summed E-state index contributed by atoms with van der Waals surface area (Å²) in [5.41, 5.74) is -0.214. The summed E-state index contributed by atoms with van der Waals surface area (Å²) in [5.74, 6) is -0.964. The Labute approximate surface area is 92.7 Å². The second-order valence-electron chi connectivity index (χ2n) is 4.61. The van der Waals surface area contributed by atoms with Crippen molar-refractivity contribution >= 4 is 11.9 Å². The van der Waals surface area contributed by atoms with Crippen LogP contribution < -0.4 is 0 Å². The highest BCUT2D eigenvalue weighted by molar-refractivity contribution is 6.06. The van der Waals surface area contributed by atoms with E-state index in [4.69, 9.17) is 9.52 Å². The lowest BCUT2D eigenvalue weighted by atomic mass is 9.89. The molecule has 1 aliphatic heterocycles. The van der Waals surface area contributed by atoms with Crippen LogP contribution in [0.1, 0.15) is 40.3 Å². The van der Waals surface area contributed by atoms with Crippen LogP contribution in [0.15, 0.2) is 10.7 Å². The zero-order chi connectivity index (χ0) is 12.1. The molecule has 1 aromatic rings. The van der Waals surface area contributed by atoms with Gasteiger partial charge in [0.2, 0.25) is 0 Å². The summed E-state index contributed by atoms with van der Waals surface area (Å²) in [6, 6.07) is 0. The Morgan fingerprint density at radius 2 is 2.19 bits per heavy atom. The third-order valence-electron chi connectivity index (χ3n) is 3.12. The standard InChI is InChI=1S/C11H13NO4/c1-11(2)4-7-8(9(13)12(11)3)6(5-16-7)10(14)15/h5H,4H2,1-3H3,(H,14,15). The third kappa shape index (κ3) is 1.31. The number of rotatable bonds is 1. The van der Waals surface area contributed by atoms with Gasteiger partial charge in [-0.25, -0.2) is 4.79 Å². The fourth-order valence-electron chi connectivity index (χ4n) is 1.87. The number of likely N-dealkylation sites (N-methyl/N-ethyl adjacent to an activating group) is 1. The van der Waals surface area contributed by atoms with Crippen LogP contribution in [0.25, 0.3) is 0 Å². The quantitative estimate of drug-likeness (QED) is 0.780. The molecule has 0 radical (unpaired) electrons. The van der Waals surface area contributed by atoms with E-state index in [2.05, 4.69) is 0 Å². The van der Waals surface area contributed by atoms with E-state index in [1.165, 1.54) is 0 Å². The van der Waals surface area contributed by atoms with Crippen LogP contribution in [0.5, 0.6) is 0 Å². The molecule has 16 heavy (non-hydrogen) atoms. The molecule has 2 heterocycles. The molecule has 5 nitrogen and oxygen atoms in total. The minimum atomic E-state index is -1.13. The fourth-order valence-corrected chi connectivity index (χ4v) is 1.87. The molecule has 0 fully saturated rings. The number of carbonyl (C=O) groups excluding carboxylic acids is 1. The number of carbonyl (C=O) groups is 2. The van der Waals surface area contributed by atoms with Crippen molar-refractivity contribution in [2.45, 2.75) is 25.8 Å². The van der Waals surface area contributed by atoms with Crippen LogP contribution in [0.3, 0.4) is 0 Å². The van der Waals surface area contributed by atoms with E-state index in [1.54, 1.807) is 11.9 Å². The summed E-state index contributed by atoms with van der Waals surface area (Å²) >= 11 is 0. The number of hydrogen-bond acceptors (Lipinski definition) is 3. The van der Waals surface area contributed by atoms with Gasteiger partial charge >= 0.3 is 5.97 Å². The van der Waals surface area contributed by atoms with Crippen LogP contribution in [0.2, 0.25) is 0 Å². The Kier molecular flexibility index (Phi) is 2.08. The summed E-state index contributed by atoms with van der Waals surface area (Å²) in [4.78, 5) is 24.5. The van der Waals surface area contributed by atoms with Gasteiger partial charge in [0, 0.05) is 19.0 Å². The highest BCUT2D eigenvalue weighted by Crippen LogP contribution is 2.32. The van der Waals surface area contributed by atoms with Crippen molar-refractivity contribution in [3.05, 3.63) is 23.2 Å². The van der Waals surface area contributed by atoms with E-state index in [0.717, 1.165) is 6.26 Å². The zero-order valence-corrected chi connectivity index (χ0v) is 9.40. The number of aromatic carboxylic acids is 1. The molecule has 0 saturated carbocycles. The number of carboxylic acid groups (broad SMARTS) is 1. The maximum absolute atomic E-state index is 12.0. The van der Waals surface area contributed by atoms with Gasteiger partial charge in [0.05, 0.1) is 5.56 Å². The number of furan rings is 1. The Balaban J connectivity index is 2.58. The fraction of sp³-hybridized carbons (Fsp3) is 0.455. The van der Waals surface area contributed by atoms with Gasteiger partial charge in [0.1, 0.15) is 17.6 Å². The van der Waals surface area contributed by atoms with Gasteiger partial charge in [-0.3, -0.25) is 4.79 Å². The van der Waals surface area contributed by atoms with Gasteiger partial charge < -0.3 is 14.4 Å². The lowest BCUT2D eigenvalue weighted by molar-refractivity contribution is 0.0561. The molecule has 1 aromatic heterocycles. The second-order valence-corrected chi connectivity index (χ2v) is 4.61. The first-order valence-electron chi connectivity index (χ1n) is 4.96. The molecule has 0 bridgehead atoms. The van der Waals surface area contributed by atoms with E-state index in [-0.39, 0.29) is 22.6 Å². The summed E-state index contributed by atoms with van der Waals surface area (Å²) in [5, 5.41) is 8.93. The highest BCUT2D eigenvalue weighted by atomic mass is 16.4. The monoisotopic (exact) mass is 223 g/mol. The molecule has 2 rings (SSSR count). The molecule has 0 spiro atoms. The van der Waals surface area contributed by atoms with Gasteiger partial charge in [-0.05, 0) is 13.8 Å². The van der Waals surface area contributed by atoms with Crippen molar-refractivity contribution in [1.82, 2.24) is 4.90 Å². The average molecular weight is 223 g/mol. The summed E-state index contributed by atoms with van der Waals surface area (Å²) < 4.78 is 5.17. The molecular weight excluding hydrogens is 210 g/mol. The first-order valence-corrected chi connectivity index (χ1v) is 4.96. The van der Waals surface area contributed by atoms with E-state index in [9.17, 15) is 9.59 Å². The lowest BCUT2D eigenvalue weighted by Crippen LogP contribution is -2.50. The second kappa shape index (κ2) is 3.10. The third-order valence-corrected chi connectivity index (χ3v) is 3.12. The first-order chi connectivity index (χ1) is 7.34. The molecule has 1 amide bonds. The minimum Gasteiger partial charge on any atom is -0.478 e. The van der Waals surface area contributed by atoms with Crippen molar-refractivity contribution in [2.24, 2.45) is 0 Å². The molecule has 0 aliphatic carbocycles. The van der Waals surface area contributed by atoms with Crippen molar-refractivity contribution in [1.29, 1.82) is 0 Å². The zero-order valence-electron chi connectivity index (χ0n) is 9.40. The minimum absolute atomic E-state index is 0.0534. The Bertz CT molecular complexity index is 472. The Morgan fingerprint density at radius 1 is 1.56 bits per heavy atom. The van der Waals surface area contributed by atoms with Crippen LogP contribution in [0, 0.1) is 0 Å². The van der Waals surface area contributed by atoms with Gasteiger partial charge in [-0.15, -0.1) is 0 Å². The molecule has 0 atom stereocenters. The topological polar surface area (TPSA) is 70.8 Å². The van der Waals surface area contributed by atoms with E-state index in [1.807, 2.05) is 13.8 Å². The predicted octanol–water partition coefficient (Wildman–Crippen LogP) is 1.38. The Hall–Kier alpha value is -1.78. The molecule has 1 aliphatic rings. The number of fused-ring (bicyclic) bond motifs is 1. The molecule has 1 N–H and O–H groups in total. The van der Waals surface area contributed by atoms with Crippen LogP contribution in [-0.4, -0.2) is 34.5 Å². The first kappa shape index (κ1) is 10.7. The van der Waals surface area contributed by atoms with Gasteiger partial charge in [-0.1, -0.05) is 0 Å². The van der Waals surface area contributed by atoms with Crippen LogP contribution >= 0.6 is 0 Å². The van der Waals surface area contributed by atoms with Gasteiger partial charge in [0.25, 0.3) is 5.91 Å². The largest absolute Gasteiger partial charge is 0.478 e. The smallest absolute Gasteiger partial charge is 0.339 e. The molecule has 5 heteroatoms. The molecule has 0 aromatic carbocycles. The van der Waals surface area contributed by atoms with Gasteiger partial charge in [-0.2, -0.15) is 0 Å². The maximum atomic E-state index is 12.0. The normalized spacial score (nSPS) is 18.4. The highest BCUT2D eigenvalue weighted by Gasteiger charge is 2.40. The van der Waals surface area contributed by atoms with E-state index >= 15 is 0 Å². The van der Waals surface area contributed by atoms with E-state index in [0.29, 0.717) is 12.2 Å². The lowest BCUT2D eigenvalue weighted by Gasteiger charge is -2.38. The predicted molar refractivity (Wildman–Crippen MR) is 55.5 cm³/mol. The van der Waals surface area contributed by atoms with Crippen LogP contribution in [-0.2, 0) is 6.42 Å². The van der Waals surface area contributed by atoms with Crippen molar-refractivity contribution in [3.63, 3.8) is 0 Å². The van der Waals surface area contributed by atoms with Crippen molar-refractivity contribution in [3.8, 4) is 0 Å².